The predicted octanol–water partition coefficient (Wildman–Crippen LogP) is 1.19. The molecule has 0 aliphatic carbocycles. The second-order valence-electron chi connectivity index (χ2n) is 7.32. The molecule has 31 heavy (non-hydrogen) atoms. The van der Waals surface area contributed by atoms with E-state index >= 15 is 8.78 Å². The molecule has 1 aromatic rings. The predicted molar refractivity (Wildman–Crippen MR) is 106 cm³/mol. The minimum atomic E-state index is -3.20. The Bertz CT molecular complexity index is 971. The molecule has 15 heteroatoms. The summed E-state index contributed by atoms with van der Waals surface area (Å²) in [5.41, 5.74) is -4.75. The molecule has 1 unspecified atom stereocenters. The first-order valence-electron chi connectivity index (χ1n) is 9.00. The van der Waals surface area contributed by atoms with Crippen LogP contribution in [0, 0.1) is 0 Å². The van der Waals surface area contributed by atoms with Crippen LogP contribution in [0.25, 0.3) is 0 Å². The lowest BCUT2D eigenvalue weighted by atomic mass is 9.97. The molecule has 2 heterocycles. The number of esters is 1. The topological polar surface area (TPSA) is 149 Å². The van der Waals surface area contributed by atoms with Crippen molar-refractivity contribution < 1.29 is 37.2 Å². The number of carbonyl (C=O) groups is 1. The number of halogens is 3. The van der Waals surface area contributed by atoms with Crippen LogP contribution in [0.15, 0.2) is 20.3 Å². The van der Waals surface area contributed by atoms with Gasteiger partial charge in [-0.05, 0) is 48.2 Å². The second kappa shape index (κ2) is 9.51. The molecule has 1 fully saturated rings. The average molecular weight is 533 g/mol. The van der Waals surface area contributed by atoms with Gasteiger partial charge in [-0.1, -0.05) is 5.09 Å². The lowest BCUT2D eigenvalue weighted by molar-refractivity contribution is -0.202. The van der Waals surface area contributed by atoms with E-state index in [1.807, 2.05) is 4.98 Å². The Kier molecular flexibility index (Phi) is 7.88. The number of nitrogens with zero attached hydrogens (tertiary/aromatic N) is 1. The van der Waals surface area contributed by atoms with Gasteiger partial charge >= 0.3 is 19.8 Å². The molecule has 6 atom stereocenters. The SMILES string of the molecule is CC(C)OC(=O)[C@H](C)N[P+](=O)OC[C@@]1(F)O[C@@H](n2cc(Br)c(=O)[nH]c2=O)[C@](C)(F)[C@@H]1O. The highest BCUT2D eigenvalue weighted by Crippen LogP contribution is 2.48. The summed E-state index contributed by atoms with van der Waals surface area (Å²) in [7, 11) is -2.84. The van der Waals surface area contributed by atoms with Crippen LogP contribution in [0.5, 0.6) is 0 Å². The van der Waals surface area contributed by atoms with Crippen molar-refractivity contribution in [2.75, 3.05) is 6.61 Å². The molecular weight excluding hydrogens is 511 g/mol. The molecule has 0 radical (unpaired) electrons. The van der Waals surface area contributed by atoms with Crippen molar-refractivity contribution >= 4 is 30.1 Å². The van der Waals surface area contributed by atoms with Gasteiger partial charge in [0, 0.05) is 6.20 Å². The average Bonchev–Trinajstić information content (AvgIpc) is 2.83. The van der Waals surface area contributed by atoms with E-state index in [0.717, 1.165) is 13.1 Å². The maximum Gasteiger partial charge on any atom is 0.614 e. The van der Waals surface area contributed by atoms with Crippen molar-refractivity contribution in [1.82, 2.24) is 14.6 Å². The molecule has 0 spiro atoms. The van der Waals surface area contributed by atoms with Crippen LogP contribution in [0.3, 0.4) is 0 Å². The molecule has 1 aliphatic heterocycles. The molecule has 1 saturated heterocycles. The third-order valence-electron chi connectivity index (χ3n) is 4.29. The molecule has 0 aromatic carbocycles. The highest BCUT2D eigenvalue weighted by molar-refractivity contribution is 9.10. The summed E-state index contributed by atoms with van der Waals surface area (Å²) in [6.07, 6.45) is -3.97. The van der Waals surface area contributed by atoms with Crippen LogP contribution >= 0.6 is 24.1 Å². The second-order valence-corrected chi connectivity index (χ2v) is 9.21. The number of aliphatic hydroxyl groups is 1. The lowest BCUT2D eigenvalue weighted by Crippen LogP contribution is -2.47. The molecule has 3 N–H and O–H groups in total. The number of nitrogens with one attached hydrogen (secondary N) is 2. The summed E-state index contributed by atoms with van der Waals surface area (Å²) < 4.78 is 57.4. The van der Waals surface area contributed by atoms with E-state index in [1.54, 1.807) is 13.8 Å². The summed E-state index contributed by atoms with van der Waals surface area (Å²) in [5.74, 6) is -3.93. The van der Waals surface area contributed by atoms with Gasteiger partial charge in [-0.15, -0.1) is 4.52 Å². The number of aromatic amines is 1. The Morgan fingerprint density at radius 3 is 2.65 bits per heavy atom. The first-order chi connectivity index (χ1) is 14.2. The Labute approximate surface area is 184 Å². The first kappa shape index (κ1) is 25.7. The van der Waals surface area contributed by atoms with Crippen LogP contribution in [-0.4, -0.2) is 57.0 Å². The van der Waals surface area contributed by atoms with Crippen LogP contribution in [0.1, 0.15) is 33.9 Å². The van der Waals surface area contributed by atoms with Gasteiger partial charge in [0.1, 0.15) is 6.04 Å². The van der Waals surface area contributed by atoms with E-state index in [4.69, 9.17) is 14.0 Å². The first-order valence-corrected chi connectivity index (χ1v) is 11.0. The maximum atomic E-state index is 15.2. The van der Waals surface area contributed by atoms with E-state index in [9.17, 15) is 24.1 Å². The van der Waals surface area contributed by atoms with E-state index in [-0.39, 0.29) is 4.47 Å². The van der Waals surface area contributed by atoms with Crippen molar-refractivity contribution in [2.24, 2.45) is 0 Å². The van der Waals surface area contributed by atoms with E-state index in [0.29, 0.717) is 4.57 Å². The van der Waals surface area contributed by atoms with Gasteiger partial charge in [0.15, 0.2) is 24.6 Å². The van der Waals surface area contributed by atoms with Crippen molar-refractivity contribution in [2.45, 2.75) is 63.7 Å². The monoisotopic (exact) mass is 532 g/mol. The Morgan fingerprint density at radius 1 is 1.45 bits per heavy atom. The van der Waals surface area contributed by atoms with Gasteiger partial charge in [-0.25, -0.2) is 13.6 Å². The number of hydrogen-bond acceptors (Lipinski definition) is 8. The van der Waals surface area contributed by atoms with E-state index < -0.39 is 68.0 Å². The van der Waals surface area contributed by atoms with Gasteiger partial charge in [0.2, 0.25) is 0 Å². The van der Waals surface area contributed by atoms with Crippen LogP contribution in [-0.2, 0) is 23.4 Å². The molecule has 1 aliphatic rings. The largest absolute Gasteiger partial charge is 0.614 e. The van der Waals surface area contributed by atoms with Crippen molar-refractivity contribution in [3.63, 3.8) is 0 Å². The standard InChI is InChI=1S/C16H21BrF2N3O8P/c1-7(2)29-11(24)8(3)21-31(27)28-6-16(19)12(25)15(4,18)13(30-16)22-5-9(17)10(23)20-14(22)26/h5,7-8,12-13,25H,6H2,1-4H3,(H-,20,21,23,26,27)/p+1/t8-,12-,13+,15+,16+/m0/s1. The van der Waals surface area contributed by atoms with Gasteiger partial charge in [-0.2, -0.15) is 0 Å². The molecule has 0 saturated carbocycles. The van der Waals surface area contributed by atoms with Gasteiger partial charge in [-0.3, -0.25) is 19.1 Å². The van der Waals surface area contributed by atoms with Gasteiger partial charge < -0.3 is 14.6 Å². The molecular formula is C16H22BrF2N3O8P+. The van der Waals surface area contributed by atoms with Crippen LogP contribution in [0.2, 0.25) is 0 Å². The fourth-order valence-electron chi connectivity index (χ4n) is 2.73. The Hall–Kier alpha value is -1.57. The summed E-state index contributed by atoms with van der Waals surface area (Å²) in [4.78, 5) is 37.1. The number of alkyl halides is 2. The molecule has 2 rings (SSSR count). The summed E-state index contributed by atoms with van der Waals surface area (Å²) >= 11 is 2.86. The minimum absolute atomic E-state index is 0.164. The number of carbonyl (C=O) groups excluding carboxylic acids is 1. The zero-order chi connectivity index (χ0) is 23.7. The third kappa shape index (κ3) is 5.62. The molecule has 0 bridgehead atoms. The lowest BCUT2D eigenvalue weighted by Gasteiger charge is -2.24. The number of hydrogen-bond donors (Lipinski definition) is 3. The van der Waals surface area contributed by atoms with Crippen LogP contribution < -0.4 is 16.3 Å². The molecule has 174 valence electrons. The number of aliphatic hydroxyl groups excluding tert-OH is 1. The van der Waals surface area contributed by atoms with E-state index in [2.05, 4.69) is 21.0 Å². The van der Waals surface area contributed by atoms with Crippen molar-refractivity contribution in [3.8, 4) is 0 Å². The third-order valence-corrected chi connectivity index (χ3v) is 5.82. The maximum absolute atomic E-state index is 15.2. The molecule has 0 amide bonds. The smallest absolute Gasteiger partial charge is 0.462 e. The number of ether oxygens (including phenoxy) is 2. The quantitative estimate of drug-likeness (QED) is 0.331. The zero-order valence-electron chi connectivity index (χ0n) is 16.9. The summed E-state index contributed by atoms with van der Waals surface area (Å²) in [6.45, 7) is 4.16. The van der Waals surface area contributed by atoms with Crippen LogP contribution in [0.4, 0.5) is 8.78 Å². The zero-order valence-corrected chi connectivity index (χ0v) is 19.4. The fourth-order valence-corrected chi connectivity index (χ4v) is 3.84. The Balaban J connectivity index is 2.13. The van der Waals surface area contributed by atoms with E-state index in [1.165, 1.54) is 6.92 Å². The Morgan fingerprint density at radius 2 is 2.06 bits per heavy atom. The van der Waals surface area contributed by atoms with Crippen molar-refractivity contribution in [1.29, 1.82) is 0 Å². The highest BCUT2D eigenvalue weighted by Gasteiger charge is 2.65. The molecule has 11 nitrogen and oxygen atoms in total. The number of rotatable bonds is 8. The molecule has 1 aromatic heterocycles. The van der Waals surface area contributed by atoms with Gasteiger partial charge in [0.25, 0.3) is 11.4 Å². The number of aromatic nitrogens is 2. The summed E-state index contributed by atoms with van der Waals surface area (Å²) in [5, 5.41) is 12.4. The fraction of sp³-hybridized carbons (Fsp3) is 0.688. The minimum Gasteiger partial charge on any atom is -0.462 e. The normalized spacial score (nSPS) is 29.8. The summed E-state index contributed by atoms with van der Waals surface area (Å²) in [6, 6.07) is -1.06. The number of H-pyrrole nitrogens is 1. The van der Waals surface area contributed by atoms with Crippen molar-refractivity contribution in [3.05, 3.63) is 31.5 Å². The van der Waals surface area contributed by atoms with Gasteiger partial charge in [0.05, 0.1) is 10.6 Å². The highest BCUT2D eigenvalue weighted by atomic mass is 79.9.